The molecule has 0 radical (unpaired) electrons. The van der Waals surface area contributed by atoms with Gasteiger partial charge in [0, 0.05) is 17.0 Å². The van der Waals surface area contributed by atoms with Crippen LogP contribution in [0.1, 0.15) is 49.6 Å². The maximum atomic E-state index is 6.22. The van der Waals surface area contributed by atoms with E-state index < -0.39 is 0 Å². The van der Waals surface area contributed by atoms with Crippen molar-refractivity contribution in [3.63, 3.8) is 0 Å². The number of hydrogen-bond acceptors (Lipinski definition) is 2. The summed E-state index contributed by atoms with van der Waals surface area (Å²) in [6, 6.07) is 0. The van der Waals surface area contributed by atoms with Gasteiger partial charge < -0.3 is 0 Å². The van der Waals surface area contributed by atoms with Gasteiger partial charge in [0.25, 0.3) is 0 Å². The highest BCUT2D eigenvalue weighted by atomic mass is 35.5. The average molecular weight is 225 g/mol. The second kappa shape index (κ2) is 4.48. The molecule has 2 nitrogen and oxygen atoms in total. The van der Waals surface area contributed by atoms with Gasteiger partial charge in [-0.1, -0.05) is 6.92 Å². The zero-order valence-electron chi connectivity index (χ0n) is 9.33. The Hall–Kier alpha value is -0.630. The molecule has 0 aliphatic heterocycles. The van der Waals surface area contributed by atoms with Gasteiger partial charge in [0.15, 0.2) is 0 Å². The predicted molar refractivity (Wildman–Crippen MR) is 62.4 cm³/mol. The fourth-order valence-electron chi connectivity index (χ4n) is 2.44. The summed E-state index contributed by atoms with van der Waals surface area (Å²) in [6.07, 6.45) is 6.20. The topological polar surface area (TPSA) is 25.8 Å². The highest BCUT2D eigenvalue weighted by Crippen LogP contribution is 2.32. The summed E-state index contributed by atoms with van der Waals surface area (Å²) < 4.78 is 0. The second-order valence-electron chi connectivity index (χ2n) is 4.23. The quantitative estimate of drug-likeness (QED) is 0.738. The zero-order chi connectivity index (χ0) is 10.8. The van der Waals surface area contributed by atoms with Crippen LogP contribution in [0.4, 0.5) is 0 Å². The van der Waals surface area contributed by atoms with Crippen LogP contribution in [0.15, 0.2) is 6.33 Å². The molecule has 0 aromatic carbocycles. The molecule has 3 heteroatoms. The van der Waals surface area contributed by atoms with Crippen molar-refractivity contribution in [3.8, 4) is 0 Å². The van der Waals surface area contributed by atoms with Gasteiger partial charge in [0.2, 0.25) is 0 Å². The summed E-state index contributed by atoms with van der Waals surface area (Å²) in [5, 5.41) is 0.148. The van der Waals surface area contributed by atoms with Gasteiger partial charge in [-0.2, -0.15) is 0 Å². The maximum absolute atomic E-state index is 6.22. The summed E-state index contributed by atoms with van der Waals surface area (Å²) in [7, 11) is 0. The van der Waals surface area contributed by atoms with E-state index in [4.69, 9.17) is 11.6 Å². The molecule has 2 atom stereocenters. The lowest BCUT2D eigenvalue weighted by Crippen LogP contribution is -2.13. The number of aromatic nitrogens is 2. The Kier molecular flexibility index (Phi) is 3.25. The van der Waals surface area contributed by atoms with Gasteiger partial charge >= 0.3 is 0 Å². The minimum absolute atomic E-state index is 0.148. The van der Waals surface area contributed by atoms with Crippen LogP contribution in [0.5, 0.6) is 0 Å². The molecule has 0 fully saturated rings. The molecule has 15 heavy (non-hydrogen) atoms. The van der Waals surface area contributed by atoms with E-state index in [1.54, 1.807) is 6.33 Å². The molecule has 0 amide bonds. The predicted octanol–water partition coefficient (Wildman–Crippen LogP) is 3.09. The fraction of sp³-hybridized carbons (Fsp3) is 0.667. The Morgan fingerprint density at radius 2 is 2.20 bits per heavy atom. The Labute approximate surface area is 96.1 Å². The summed E-state index contributed by atoms with van der Waals surface area (Å²) in [4.78, 5) is 8.79. The third kappa shape index (κ3) is 2.00. The van der Waals surface area contributed by atoms with E-state index in [2.05, 4.69) is 23.8 Å². The Morgan fingerprint density at radius 1 is 1.40 bits per heavy atom. The molecule has 1 aromatic rings. The van der Waals surface area contributed by atoms with E-state index in [9.17, 15) is 0 Å². The van der Waals surface area contributed by atoms with Gasteiger partial charge in [0.05, 0.1) is 5.69 Å². The van der Waals surface area contributed by atoms with Crippen molar-refractivity contribution in [2.24, 2.45) is 0 Å². The largest absolute Gasteiger partial charge is 0.241 e. The molecule has 1 aromatic heterocycles. The molecule has 2 rings (SSSR count). The third-order valence-electron chi connectivity index (χ3n) is 3.25. The van der Waals surface area contributed by atoms with Crippen LogP contribution in [-0.4, -0.2) is 15.3 Å². The van der Waals surface area contributed by atoms with E-state index in [1.807, 2.05) is 0 Å². The van der Waals surface area contributed by atoms with Crippen molar-refractivity contribution >= 4 is 11.6 Å². The first-order chi connectivity index (χ1) is 7.24. The van der Waals surface area contributed by atoms with Crippen molar-refractivity contribution in [1.29, 1.82) is 0 Å². The normalized spacial score (nSPS) is 18.6. The SMILES string of the molecule is CCC(c1ncnc2c1CCC2)C(C)Cl. The molecule has 82 valence electrons. The molecule has 2 unspecified atom stereocenters. The van der Waals surface area contributed by atoms with Crippen molar-refractivity contribution in [2.45, 2.75) is 50.8 Å². The summed E-state index contributed by atoms with van der Waals surface area (Å²) in [5.74, 6) is 0.376. The summed E-state index contributed by atoms with van der Waals surface area (Å²) in [6.45, 7) is 4.23. The number of hydrogen-bond donors (Lipinski definition) is 0. The van der Waals surface area contributed by atoms with Crippen LogP contribution in [0.2, 0.25) is 0 Å². The molecule has 0 saturated heterocycles. The molecule has 1 heterocycles. The van der Waals surface area contributed by atoms with Gasteiger partial charge in [-0.15, -0.1) is 11.6 Å². The zero-order valence-corrected chi connectivity index (χ0v) is 10.1. The minimum atomic E-state index is 0.148. The summed E-state index contributed by atoms with van der Waals surface area (Å²) in [5.41, 5.74) is 3.81. The third-order valence-corrected chi connectivity index (χ3v) is 3.56. The molecular formula is C12H17ClN2. The number of rotatable bonds is 3. The van der Waals surface area contributed by atoms with Crippen LogP contribution in [0.3, 0.4) is 0 Å². The first-order valence-electron chi connectivity index (χ1n) is 5.70. The van der Waals surface area contributed by atoms with Crippen LogP contribution in [-0.2, 0) is 12.8 Å². The second-order valence-corrected chi connectivity index (χ2v) is 4.92. The number of aryl methyl sites for hydroxylation is 1. The molecular weight excluding hydrogens is 208 g/mol. The van der Waals surface area contributed by atoms with Crippen LogP contribution in [0, 0.1) is 0 Å². The molecule has 0 spiro atoms. The fourth-order valence-corrected chi connectivity index (χ4v) is 2.74. The molecule has 1 aliphatic carbocycles. The molecule has 1 aliphatic rings. The maximum Gasteiger partial charge on any atom is 0.115 e. The number of halogens is 1. The lowest BCUT2D eigenvalue weighted by molar-refractivity contribution is 0.620. The van der Waals surface area contributed by atoms with E-state index in [-0.39, 0.29) is 5.38 Å². The van der Waals surface area contributed by atoms with Gasteiger partial charge in [0.1, 0.15) is 6.33 Å². The molecule has 0 bridgehead atoms. The van der Waals surface area contributed by atoms with E-state index in [1.165, 1.54) is 23.4 Å². The van der Waals surface area contributed by atoms with E-state index in [0.29, 0.717) is 5.92 Å². The van der Waals surface area contributed by atoms with Crippen LogP contribution >= 0.6 is 11.6 Å². The first kappa shape index (κ1) is 10.9. The Balaban J connectivity index is 2.39. The minimum Gasteiger partial charge on any atom is -0.241 e. The van der Waals surface area contributed by atoms with Crippen LogP contribution in [0.25, 0.3) is 0 Å². The standard InChI is InChI=1S/C12H17ClN2/c1-3-9(8(2)13)12-10-5-4-6-11(10)14-7-15-12/h7-9H,3-6H2,1-2H3. The molecule has 0 saturated carbocycles. The van der Waals surface area contributed by atoms with Crippen molar-refractivity contribution in [3.05, 3.63) is 23.3 Å². The van der Waals surface area contributed by atoms with Gasteiger partial charge in [-0.25, -0.2) is 9.97 Å². The van der Waals surface area contributed by atoms with Gasteiger partial charge in [-0.05, 0) is 38.2 Å². The van der Waals surface area contributed by atoms with Crippen LogP contribution < -0.4 is 0 Å². The monoisotopic (exact) mass is 224 g/mol. The van der Waals surface area contributed by atoms with E-state index in [0.717, 1.165) is 19.3 Å². The smallest absolute Gasteiger partial charge is 0.115 e. The Bertz CT molecular complexity index is 349. The highest BCUT2D eigenvalue weighted by molar-refractivity contribution is 6.20. The highest BCUT2D eigenvalue weighted by Gasteiger charge is 2.24. The molecule has 0 N–H and O–H groups in total. The number of fused-ring (bicyclic) bond motifs is 1. The lowest BCUT2D eigenvalue weighted by atomic mass is 9.94. The Morgan fingerprint density at radius 3 is 2.87 bits per heavy atom. The number of nitrogens with zero attached hydrogens (tertiary/aromatic N) is 2. The first-order valence-corrected chi connectivity index (χ1v) is 6.14. The van der Waals surface area contributed by atoms with Gasteiger partial charge in [-0.3, -0.25) is 0 Å². The van der Waals surface area contributed by atoms with E-state index >= 15 is 0 Å². The lowest BCUT2D eigenvalue weighted by Gasteiger charge is -2.19. The summed E-state index contributed by atoms with van der Waals surface area (Å²) >= 11 is 6.22. The van der Waals surface area contributed by atoms with Crippen molar-refractivity contribution < 1.29 is 0 Å². The average Bonchev–Trinajstić information content (AvgIpc) is 2.66. The number of alkyl halides is 1. The van der Waals surface area contributed by atoms with Crippen molar-refractivity contribution in [2.75, 3.05) is 0 Å². The van der Waals surface area contributed by atoms with Crippen molar-refractivity contribution in [1.82, 2.24) is 9.97 Å².